The zero-order chi connectivity index (χ0) is 30.7. The maximum absolute atomic E-state index is 13.9. The zero-order valence-corrected chi connectivity index (χ0v) is 25.7. The molecule has 6 rings (SSSR count). The summed E-state index contributed by atoms with van der Waals surface area (Å²) in [6, 6.07) is 19.4. The van der Waals surface area contributed by atoms with Crippen LogP contribution in [0.15, 0.2) is 66.7 Å². The zero-order valence-electron chi connectivity index (χ0n) is 25.0. The van der Waals surface area contributed by atoms with Crippen LogP contribution in [0.4, 0.5) is 8.78 Å². The molecule has 2 heterocycles. The van der Waals surface area contributed by atoms with Crippen LogP contribution in [0.1, 0.15) is 91.3 Å². The number of amides is 1. The summed E-state index contributed by atoms with van der Waals surface area (Å²) >= 11 is 6.10. The van der Waals surface area contributed by atoms with Gasteiger partial charge in [-0.15, -0.1) is 0 Å². The molecule has 226 valence electrons. The second-order valence-corrected chi connectivity index (χ2v) is 12.2. The van der Waals surface area contributed by atoms with E-state index >= 15 is 0 Å². The van der Waals surface area contributed by atoms with Gasteiger partial charge in [0.25, 0.3) is 5.91 Å². The van der Waals surface area contributed by atoms with Gasteiger partial charge in [0, 0.05) is 40.7 Å². The number of carbonyl (C=O) groups excluding carboxylic acids is 1. The molecule has 1 N–H and O–H groups in total. The van der Waals surface area contributed by atoms with Gasteiger partial charge < -0.3 is 4.90 Å². The highest BCUT2D eigenvalue weighted by Crippen LogP contribution is 2.38. The van der Waals surface area contributed by atoms with Crippen LogP contribution in [0.25, 0.3) is 11.0 Å². The fourth-order valence-electron chi connectivity index (χ4n) is 5.90. The van der Waals surface area contributed by atoms with E-state index in [9.17, 15) is 13.6 Å². The summed E-state index contributed by atoms with van der Waals surface area (Å²) in [5.41, 5.74) is 4.02. The molecule has 2 fully saturated rings. The number of hydrogen-bond acceptors (Lipinski definition) is 3. The van der Waals surface area contributed by atoms with E-state index in [1.54, 1.807) is 59.5 Å². The largest absolute Gasteiger partial charge is 0.339 e. The predicted octanol–water partition coefficient (Wildman–Crippen LogP) is 9.27. The molecule has 0 radical (unpaired) electrons. The molecule has 3 aromatic carbocycles. The van der Waals surface area contributed by atoms with E-state index in [1.807, 2.05) is 19.1 Å². The van der Waals surface area contributed by atoms with Gasteiger partial charge >= 0.3 is 6.55 Å². The molecule has 1 amide bonds. The first kappa shape index (κ1) is 30.9. The third kappa shape index (κ3) is 6.98. The van der Waals surface area contributed by atoms with Crippen molar-refractivity contribution in [1.29, 1.82) is 5.41 Å². The first-order chi connectivity index (χ1) is 20.7. The quantitative estimate of drug-likeness (QED) is 0.214. The van der Waals surface area contributed by atoms with Gasteiger partial charge in [0.15, 0.2) is 0 Å². The Morgan fingerprint density at radius 3 is 2.35 bits per heavy atom. The first-order valence-corrected chi connectivity index (χ1v) is 15.6. The SMILES string of the molecule is CCC(C)C1CC1.Cc1ccc(C(=O)N2CCC(c3nc4ccccc4n3C(F)F)CC2)cc1C(=N)c1cccc(Cl)c1. The van der Waals surface area contributed by atoms with E-state index in [1.165, 1.54) is 19.3 Å². The molecule has 1 saturated carbocycles. The van der Waals surface area contributed by atoms with Gasteiger partial charge in [-0.25, -0.2) is 4.98 Å². The lowest BCUT2D eigenvalue weighted by molar-refractivity contribution is 0.0634. The Kier molecular flexibility index (Phi) is 9.60. The highest BCUT2D eigenvalue weighted by atomic mass is 35.5. The third-order valence-electron chi connectivity index (χ3n) is 8.90. The average molecular weight is 605 g/mol. The summed E-state index contributed by atoms with van der Waals surface area (Å²) in [5.74, 6) is 2.23. The number of nitrogens with one attached hydrogen (secondary N) is 1. The van der Waals surface area contributed by atoms with Gasteiger partial charge in [0.05, 0.1) is 16.7 Å². The number of aryl methyl sites for hydroxylation is 1. The van der Waals surface area contributed by atoms with Crippen molar-refractivity contribution in [2.24, 2.45) is 11.8 Å². The van der Waals surface area contributed by atoms with Crippen molar-refractivity contribution in [3.63, 3.8) is 0 Å². The molecule has 1 atom stereocenters. The summed E-state index contributed by atoms with van der Waals surface area (Å²) in [7, 11) is 0. The number of rotatable bonds is 7. The summed E-state index contributed by atoms with van der Waals surface area (Å²) in [6.45, 7) is 4.77. The van der Waals surface area contributed by atoms with Crippen LogP contribution in [-0.4, -0.2) is 39.2 Å². The number of carbonyl (C=O) groups is 1. The lowest BCUT2D eigenvalue weighted by Gasteiger charge is -2.32. The number of likely N-dealkylation sites (tertiary alicyclic amines) is 1. The lowest BCUT2D eigenvalue weighted by Crippen LogP contribution is -2.38. The number of fused-ring (bicyclic) bond motifs is 1. The highest BCUT2D eigenvalue weighted by Gasteiger charge is 2.30. The van der Waals surface area contributed by atoms with E-state index in [0.717, 1.165) is 22.0 Å². The number of alkyl halides is 2. The summed E-state index contributed by atoms with van der Waals surface area (Å²) in [6.07, 6.45) is 5.51. The van der Waals surface area contributed by atoms with Crippen LogP contribution in [-0.2, 0) is 0 Å². The molecule has 43 heavy (non-hydrogen) atoms. The van der Waals surface area contributed by atoms with E-state index in [0.29, 0.717) is 70.2 Å². The fourth-order valence-corrected chi connectivity index (χ4v) is 6.09. The second-order valence-electron chi connectivity index (χ2n) is 11.8. The molecule has 8 heteroatoms. The standard InChI is InChI=1S/C28H25ClF2N4O.C7H14/c1-17-9-10-20(16-22(17)25(32)19-5-4-6-21(29)15-19)27(36)34-13-11-18(12-14-34)26-33-23-7-2-3-8-24(23)35(26)28(30)31;1-3-6(2)7-4-5-7/h2-10,15-16,18,28,32H,11-14H2,1H3;6-7H,3-5H2,1-2H3. The molecule has 1 aromatic heterocycles. The number of aromatic nitrogens is 2. The van der Waals surface area contributed by atoms with E-state index in [2.05, 4.69) is 18.8 Å². The topological polar surface area (TPSA) is 62.0 Å². The molecule has 2 aliphatic rings. The number of hydrogen-bond donors (Lipinski definition) is 1. The van der Waals surface area contributed by atoms with Crippen molar-refractivity contribution in [3.8, 4) is 0 Å². The van der Waals surface area contributed by atoms with E-state index in [-0.39, 0.29) is 11.8 Å². The van der Waals surface area contributed by atoms with Crippen LogP contribution in [0.2, 0.25) is 5.02 Å². The number of imidazole rings is 1. The molecule has 0 bridgehead atoms. The van der Waals surface area contributed by atoms with E-state index < -0.39 is 6.55 Å². The van der Waals surface area contributed by atoms with Gasteiger partial charge in [-0.1, -0.05) is 62.2 Å². The minimum atomic E-state index is -2.67. The number of halogens is 3. The highest BCUT2D eigenvalue weighted by molar-refractivity contribution is 6.31. The molecule has 1 aliphatic carbocycles. The minimum absolute atomic E-state index is 0.129. The number of nitrogens with zero attached hydrogens (tertiary/aromatic N) is 3. The van der Waals surface area contributed by atoms with Gasteiger partial charge in [-0.3, -0.25) is 14.8 Å². The average Bonchev–Trinajstić information content (AvgIpc) is 3.80. The molecule has 1 aliphatic heterocycles. The summed E-state index contributed by atoms with van der Waals surface area (Å²) in [5, 5.41) is 9.21. The number of piperidine rings is 1. The predicted molar refractivity (Wildman–Crippen MR) is 170 cm³/mol. The molecule has 5 nitrogen and oxygen atoms in total. The fraction of sp³-hybridized carbons (Fsp3) is 0.400. The summed E-state index contributed by atoms with van der Waals surface area (Å²) < 4.78 is 28.8. The molecule has 1 unspecified atom stereocenters. The van der Waals surface area contributed by atoms with Crippen LogP contribution in [0.5, 0.6) is 0 Å². The van der Waals surface area contributed by atoms with Crippen molar-refractivity contribution >= 4 is 34.3 Å². The molecule has 0 spiro atoms. The molecular formula is C35H39ClF2N4O. The third-order valence-corrected chi connectivity index (χ3v) is 9.14. The Balaban J connectivity index is 0.000000463. The summed E-state index contributed by atoms with van der Waals surface area (Å²) in [4.78, 5) is 19.6. The van der Waals surface area contributed by atoms with Crippen molar-refractivity contribution in [3.05, 3.63) is 99.8 Å². The van der Waals surface area contributed by atoms with Crippen molar-refractivity contribution in [2.45, 2.75) is 65.3 Å². The monoisotopic (exact) mass is 604 g/mol. The van der Waals surface area contributed by atoms with Crippen molar-refractivity contribution < 1.29 is 13.6 Å². The Labute approximate surface area is 257 Å². The number of para-hydroxylation sites is 2. The van der Waals surface area contributed by atoms with Gasteiger partial charge in [0.1, 0.15) is 5.82 Å². The maximum atomic E-state index is 13.9. The van der Waals surface area contributed by atoms with Gasteiger partial charge in [-0.2, -0.15) is 8.78 Å². The van der Waals surface area contributed by atoms with Crippen LogP contribution < -0.4 is 0 Å². The van der Waals surface area contributed by atoms with E-state index in [4.69, 9.17) is 17.0 Å². The Morgan fingerprint density at radius 1 is 1.00 bits per heavy atom. The van der Waals surface area contributed by atoms with Crippen LogP contribution in [0, 0.1) is 24.2 Å². The smallest absolute Gasteiger partial charge is 0.320 e. The normalized spacial score (nSPS) is 16.2. The van der Waals surface area contributed by atoms with Crippen LogP contribution >= 0.6 is 11.6 Å². The lowest BCUT2D eigenvalue weighted by atomic mass is 9.94. The maximum Gasteiger partial charge on any atom is 0.320 e. The Morgan fingerprint density at radius 2 is 1.72 bits per heavy atom. The Bertz CT molecular complexity index is 1600. The Hall–Kier alpha value is -3.58. The first-order valence-electron chi connectivity index (χ1n) is 15.2. The molecular weight excluding hydrogens is 566 g/mol. The van der Waals surface area contributed by atoms with Crippen molar-refractivity contribution in [1.82, 2.24) is 14.5 Å². The van der Waals surface area contributed by atoms with Gasteiger partial charge in [0.2, 0.25) is 0 Å². The minimum Gasteiger partial charge on any atom is -0.339 e. The van der Waals surface area contributed by atoms with Crippen molar-refractivity contribution in [2.75, 3.05) is 13.1 Å². The van der Waals surface area contributed by atoms with Gasteiger partial charge in [-0.05, 0) is 86.4 Å². The molecule has 1 saturated heterocycles. The molecule has 4 aromatic rings. The second kappa shape index (κ2) is 13.4. The van der Waals surface area contributed by atoms with Crippen LogP contribution in [0.3, 0.4) is 0 Å². The number of benzene rings is 3.